The van der Waals surface area contributed by atoms with Crippen LogP contribution in [0.5, 0.6) is 5.75 Å². The highest BCUT2D eigenvalue weighted by molar-refractivity contribution is 5.79. The SMILES string of the molecule is Nc1ncc(-c2oc(-c3ccccc3)nc2-c2ccncc2)cc1O. The van der Waals surface area contributed by atoms with Crippen molar-refractivity contribution in [2.24, 2.45) is 0 Å². The third-order valence-corrected chi connectivity index (χ3v) is 3.76. The number of benzene rings is 1. The van der Waals surface area contributed by atoms with Gasteiger partial charge in [-0.2, -0.15) is 0 Å². The molecule has 0 aliphatic heterocycles. The van der Waals surface area contributed by atoms with Gasteiger partial charge in [0.05, 0.1) is 0 Å². The molecule has 4 aromatic rings. The second kappa shape index (κ2) is 6.09. The number of hydrogen-bond acceptors (Lipinski definition) is 6. The second-order valence-corrected chi connectivity index (χ2v) is 5.43. The molecule has 25 heavy (non-hydrogen) atoms. The Bertz CT molecular complexity index is 1010. The highest BCUT2D eigenvalue weighted by Crippen LogP contribution is 2.37. The molecule has 0 saturated heterocycles. The number of rotatable bonds is 3. The predicted octanol–water partition coefficient (Wildman–Crippen LogP) is 3.75. The van der Waals surface area contributed by atoms with Crippen LogP contribution in [0.1, 0.15) is 0 Å². The van der Waals surface area contributed by atoms with E-state index >= 15 is 0 Å². The van der Waals surface area contributed by atoms with E-state index in [2.05, 4.69) is 15.0 Å². The van der Waals surface area contributed by atoms with Crippen LogP contribution >= 0.6 is 0 Å². The summed E-state index contributed by atoms with van der Waals surface area (Å²) in [5, 5.41) is 9.89. The van der Waals surface area contributed by atoms with E-state index in [0.29, 0.717) is 22.9 Å². The van der Waals surface area contributed by atoms with E-state index < -0.39 is 0 Å². The van der Waals surface area contributed by atoms with Crippen molar-refractivity contribution in [1.29, 1.82) is 0 Å². The highest BCUT2D eigenvalue weighted by Gasteiger charge is 2.19. The maximum Gasteiger partial charge on any atom is 0.227 e. The van der Waals surface area contributed by atoms with Crippen molar-refractivity contribution >= 4 is 5.82 Å². The number of anilines is 1. The molecule has 122 valence electrons. The standard InChI is InChI=1S/C19H14N4O2/c20-18-15(24)10-14(11-22-18)17-16(12-6-8-21-9-7-12)23-19(25-17)13-4-2-1-3-5-13/h1-11,24H,(H2,20,22). The Morgan fingerprint density at radius 1 is 0.920 bits per heavy atom. The smallest absolute Gasteiger partial charge is 0.227 e. The first-order valence-electron chi connectivity index (χ1n) is 7.64. The van der Waals surface area contributed by atoms with Crippen molar-refractivity contribution in [2.75, 3.05) is 5.73 Å². The molecule has 0 aliphatic rings. The van der Waals surface area contributed by atoms with E-state index in [-0.39, 0.29) is 11.6 Å². The average molecular weight is 330 g/mol. The van der Waals surface area contributed by atoms with Gasteiger partial charge in [0.15, 0.2) is 17.3 Å². The lowest BCUT2D eigenvalue weighted by Crippen LogP contribution is -1.91. The minimum absolute atomic E-state index is 0.0667. The zero-order valence-electron chi connectivity index (χ0n) is 13.1. The molecule has 3 heterocycles. The molecule has 0 bridgehead atoms. The van der Waals surface area contributed by atoms with E-state index in [4.69, 9.17) is 10.2 Å². The molecule has 0 amide bonds. The lowest BCUT2D eigenvalue weighted by atomic mass is 10.1. The van der Waals surface area contributed by atoms with Gasteiger partial charge in [-0.25, -0.2) is 9.97 Å². The molecule has 0 atom stereocenters. The van der Waals surface area contributed by atoms with Crippen LogP contribution in [0.25, 0.3) is 34.0 Å². The number of hydrogen-bond donors (Lipinski definition) is 2. The van der Waals surface area contributed by atoms with Crippen LogP contribution in [0.15, 0.2) is 71.5 Å². The van der Waals surface area contributed by atoms with Crippen molar-refractivity contribution in [3.8, 4) is 39.8 Å². The molecular formula is C19H14N4O2. The quantitative estimate of drug-likeness (QED) is 0.593. The Kier molecular flexibility index (Phi) is 3.63. The van der Waals surface area contributed by atoms with Crippen molar-refractivity contribution in [3.63, 3.8) is 0 Å². The fraction of sp³-hybridized carbons (Fsp3) is 0. The normalized spacial score (nSPS) is 10.7. The molecule has 0 unspecified atom stereocenters. The van der Waals surface area contributed by atoms with Crippen LogP contribution in [0.3, 0.4) is 0 Å². The Balaban J connectivity index is 1.92. The van der Waals surface area contributed by atoms with Gasteiger partial charge in [-0.05, 0) is 30.3 Å². The summed E-state index contributed by atoms with van der Waals surface area (Å²) in [6.07, 6.45) is 4.93. The summed E-state index contributed by atoms with van der Waals surface area (Å²) in [5.41, 5.74) is 8.55. The third-order valence-electron chi connectivity index (χ3n) is 3.76. The minimum Gasteiger partial charge on any atom is -0.504 e. The summed E-state index contributed by atoms with van der Waals surface area (Å²) >= 11 is 0. The maximum absolute atomic E-state index is 9.89. The van der Waals surface area contributed by atoms with E-state index in [9.17, 15) is 5.11 Å². The lowest BCUT2D eigenvalue weighted by Gasteiger charge is -2.03. The number of aromatic nitrogens is 3. The fourth-order valence-electron chi connectivity index (χ4n) is 2.51. The molecule has 6 heteroatoms. The topological polar surface area (TPSA) is 98.1 Å². The zero-order valence-corrected chi connectivity index (χ0v) is 13.1. The van der Waals surface area contributed by atoms with Gasteiger partial charge in [-0.15, -0.1) is 0 Å². The lowest BCUT2D eigenvalue weighted by molar-refractivity contribution is 0.475. The van der Waals surface area contributed by atoms with E-state index in [1.165, 1.54) is 6.07 Å². The van der Waals surface area contributed by atoms with Gasteiger partial charge in [0.25, 0.3) is 0 Å². The average Bonchev–Trinajstić information content (AvgIpc) is 3.11. The van der Waals surface area contributed by atoms with Gasteiger partial charge in [-0.1, -0.05) is 18.2 Å². The molecule has 0 saturated carbocycles. The number of nitrogens with two attached hydrogens (primary N) is 1. The van der Waals surface area contributed by atoms with Gasteiger partial charge in [-0.3, -0.25) is 4.98 Å². The van der Waals surface area contributed by atoms with Gasteiger partial charge < -0.3 is 15.3 Å². The molecule has 4 rings (SSSR count). The first-order valence-corrected chi connectivity index (χ1v) is 7.64. The molecule has 0 radical (unpaired) electrons. The van der Waals surface area contributed by atoms with E-state index in [1.54, 1.807) is 18.6 Å². The van der Waals surface area contributed by atoms with Crippen LogP contribution in [0.4, 0.5) is 5.82 Å². The molecular weight excluding hydrogens is 316 g/mol. The minimum atomic E-state index is -0.101. The highest BCUT2D eigenvalue weighted by atomic mass is 16.4. The summed E-state index contributed by atoms with van der Waals surface area (Å²) in [4.78, 5) is 12.7. The number of nitrogens with zero attached hydrogens (tertiary/aromatic N) is 3. The van der Waals surface area contributed by atoms with Gasteiger partial charge in [0.2, 0.25) is 5.89 Å². The fourth-order valence-corrected chi connectivity index (χ4v) is 2.51. The third kappa shape index (κ3) is 2.81. The Labute approximate surface area is 143 Å². The number of pyridine rings is 2. The molecule has 0 aliphatic carbocycles. The summed E-state index contributed by atoms with van der Waals surface area (Å²) in [6, 6.07) is 14.8. The predicted molar refractivity (Wildman–Crippen MR) is 94.5 cm³/mol. The summed E-state index contributed by atoms with van der Waals surface area (Å²) in [5.74, 6) is 0.958. The van der Waals surface area contributed by atoms with Crippen LogP contribution in [0, 0.1) is 0 Å². The Morgan fingerprint density at radius 3 is 2.40 bits per heavy atom. The van der Waals surface area contributed by atoms with Crippen molar-refractivity contribution in [1.82, 2.24) is 15.0 Å². The van der Waals surface area contributed by atoms with Crippen LogP contribution in [-0.4, -0.2) is 20.1 Å². The van der Waals surface area contributed by atoms with E-state index in [0.717, 1.165) is 11.1 Å². The molecule has 3 N–H and O–H groups in total. The van der Waals surface area contributed by atoms with Gasteiger partial charge >= 0.3 is 0 Å². The Morgan fingerprint density at radius 2 is 1.68 bits per heavy atom. The largest absolute Gasteiger partial charge is 0.504 e. The van der Waals surface area contributed by atoms with Crippen molar-refractivity contribution in [3.05, 3.63) is 67.1 Å². The monoisotopic (exact) mass is 330 g/mol. The molecule has 3 aromatic heterocycles. The van der Waals surface area contributed by atoms with Crippen LogP contribution in [-0.2, 0) is 0 Å². The summed E-state index contributed by atoms with van der Waals surface area (Å²) in [7, 11) is 0. The first-order chi connectivity index (χ1) is 12.2. The van der Waals surface area contributed by atoms with Crippen LogP contribution in [0.2, 0.25) is 0 Å². The number of oxazole rings is 1. The summed E-state index contributed by atoms with van der Waals surface area (Å²) in [6.45, 7) is 0. The molecule has 1 aromatic carbocycles. The van der Waals surface area contributed by atoms with Crippen LogP contribution < -0.4 is 5.73 Å². The maximum atomic E-state index is 9.89. The first kappa shape index (κ1) is 14.9. The number of nitrogen functional groups attached to an aromatic ring is 1. The molecule has 6 nitrogen and oxygen atoms in total. The van der Waals surface area contributed by atoms with Gasteiger partial charge in [0, 0.05) is 35.3 Å². The molecule has 0 spiro atoms. The molecule has 0 fully saturated rings. The zero-order chi connectivity index (χ0) is 17.2. The second-order valence-electron chi connectivity index (χ2n) is 5.43. The van der Waals surface area contributed by atoms with E-state index in [1.807, 2.05) is 42.5 Å². The Hall–Kier alpha value is -3.67. The van der Waals surface area contributed by atoms with Gasteiger partial charge in [0.1, 0.15) is 5.69 Å². The number of aromatic hydroxyl groups is 1. The van der Waals surface area contributed by atoms with Crippen molar-refractivity contribution < 1.29 is 9.52 Å². The van der Waals surface area contributed by atoms with Crippen molar-refractivity contribution in [2.45, 2.75) is 0 Å². The summed E-state index contributed by atoms with van der Waals surface area (Å²) < 4.78 is 6.01.